The van der Waals surface area contributed by atoms with Crippen LogP contribution in [0.15, 0.2) is 18.2 Å². The smallest absolute Gasteiger partial charge is 0.129 e. The Morgan fingerprint density at radius 2 is 2.11 bits per heavy atom. The third-order valence-corrected chi connectivity index (χ3v) is 4.11. The molecule has 1 aromatic carbocycles. The number of aliphatic hydroxyl groups is 1. The van der Waals surface area contributed by atoms with E-state index in [1.54, 1.807) is 12.1 Å². The molecule has 18 heavy (non-hydrogen) atoms. The van der Waals surface area contributed by atoms with Crippen LogP contribution in [0.4, 0.5) is 4.39 Å². The van der Waals surface area contributed by atoms with Gasteiger partial charge in [0.2, 0.25) is 0 Å². The van der Waals surface area contributed by atoms with Gasteiger partial charge in [-0.2, -0.15) is 0 Å². The summed E-state index contributed by atoms with van der Waals surface area (Å²) >= 11 is 6.02. The SMILES string of the molecule is CC(O)C1CCN(Cc2c(F)cccc2Cl)CC1. The Bertz CT molecular complexity index is 383. The van der Waals surface area contributed by atoms with E-state index in [1.165, 1.54) is 6.07 Å². The van der Waals surface area contributed by atoms with Gasteiger partial charge in [-0.25, -0.2) is 4.39 Å². The van der Waals surface area contributed by atoms with Gasteiger partial charge in [-0.05, 0) is 50.9 Å². The van der Waals surface area contributed by atoms with Crippen molar-refractivity contribution in [3.63, 3.8) is 0 Å². The van der Waals surface area contributed by atoms with Gasteiger partial charge in [-0.1, -0.05) is 17.7 Å². The summed E-state index contributed by atoms with van der Waals surface area (Å²) in [6.07, 6.45) is 1.68. The first-order valence-corrected chi connectivity index (χ1v) is 6.79. The fourth-order valence-electron chi connectivity index (χ4n) is 2.50. The van der Waals surface area contributed by atoms with Crippen LogP contribution in [0.2, 0.25) is 5.02 Å². The quantitative estimate of drug-likeness (QED) is 0.913. The number of aliphatic hydroxyl groups excluding tert-OH is 1. The highest BCUT2D eigenvalue weighted by Gasteiger charge is 2.23. The van der Waals surface area contributed by atoms with Crippen LogP contribution >= 0.6 is 11.6 Å². The summed E-state index contributed by atoms with van der Waals surface area (Å²) in [6.45, 7) is 4.17. The zero-order valence-electron chi connectivity index (χ0n) is 10.6. The predicted octanol–water partition coefficient (Wildman–Crippen LogP) is 3.07. The van der Waals surface area contributed by atoms with Gasteiger partial charge < -0.3 is 5.11 Å². The molecule has 0 spiro atoms. The molecule has 4 heteroatoms. The van der Waals surface area contributed by atoms with Crippen molar-refractivity contribution in [3.05, 3.63) is 34.6 Å². The van der Waals surface area contributed by atoms with E-state index in [2.05, 4.69) is 4.90 Å². The third kappa shape index (κ3) is 3.22. The highest BCUT2D eigenvalue weighted by molar-refractivity contribution is 6.31. The van der Waals surface area contributed by atoms with Gasteiger partial charge in [-0.3, -0.25) is 4.90 Å². The number of hydrogen-bond acceptors (Lipinski definition) is 2. The molecular weight excluding hydrogens is 253 g/mol. The van der Waals surface area contributed by atoms with Crippen LogP contribution in [-0.2, 0) is 6.54 Å². The molecule has 2 rings (SSSR count). The maximum atomic E-state index is 13.7. The minimum atomic E-state index is -0.246. The van der Waals surface area contributed by atoms with Gasteiger partial charge >= 0.3 is 0 Å². The Morgan fingerprint density at radius 1 is 1.44 bits per heavy atom. The zero-order chi connectivity index (χ0) is 13.1. The molecule has 1 fully saturated rings. The van der Waals surface area contributed by atoms with Crippen molar-refractivity contribution in [2.75, 3.05) is 13.1 Å². The van der Waals surface area contributed by atoms with Crippen molar-refractivity contribution in [1.82, 2.24) is 4.90 Å². The Morgan fingerprint density at radius 3 is 2.67 bits per heavy atom. The predicted molar refractivity (Wildman–Crippen MR) is 71.1 cm³/mol. The molecule has 0 saturated carbocycles. The minimum absolute atomic E-state index is 0.236. The topological polar surface area (TPSA) is 23.5 Å². The summed E-state index contributed by atoms with van der Waals surface area (Å²) in [7, 11) is 0. The maximum absolute atomic E-state index is 13.7. The fourth-order valence-corrected chi connectivity index (χ4v) is 2.72. The summed E-state index contributed by atoms with van der Waals surface area (Å²) in [5, 5.41) is 10.0. The maximum Gasteiger partial charge on any atom is 0.129 e. The van der Waals surface area contributed by atoms with E-state index in [-0.39, 0.29) is 11.9 Å². The summed E-state index contributed by atoms with van der Waals surface area (Å²) < 4.78 is 13.7. The highest BCUT2D eigenvalue weighted by atomic mass is 35.5. The number of nitrogens with zero attached hydrogens (tertiary/aromatic N) is 1. The number of halogens is 2. The van der Waals surface area contributed by atoms with E-state index in [4.69, 9.17) is 11.6 Å². The number of rotatable bonds is 3. The first-order chi connectivity index (χ1) is 8.58. The zero-order valence-corrected chi connectivity index (χ0v) is 11.3. The molecular formula is C14H19ClFNO. The molecule has 100 valence electrons. The van der Waals surface area contributed by atoms with Crippen LogP contribution in [0, 0.1) is 11.7 Å². The molecule has 1 N–H and O–H groups in total. The first kappa shape index (κ1) is 13.8. The van der Waals surface area contributed by atoms with Gasteiger partial charge in [0.1, 0.15) is 5.82 Å². The minimum Gasteiger partial charge on any atom is -0.393 e. The molecule has 0 bridgehead atoms. The molecule has 1 aromatic rings. The van der Waals surface area contributed by atoms with Crippen molar-refractivity contribution in [2.24, 2.45) is 5.92 Å². The summed E-state index contributed by atoms with van der Waals surface area (Å²) in [6, 6.07) is 4.80. The average molecular weight is 272 g/mol. The second kappa shape index (κ2) is 6.00. The van der Waals surface area contributed by atoms with Gasteiger partial charge in [0.05, 0.1) is 6.10 Å². The molecule has 1 aliphatic rings. The van der Waals surface area contributed by atoms with E-state index in [9.17, 15) is 9.50 Å². The molecule has 0 aromatic heterocycles. The number of benzene rings is 1. The highest BCUT2D eigenvalue weighted by Crippen LogP contribution is 2.25. The van der Waals surface area contributed by atoms with Crippen LogP contribution in [0.25, 0.3) is 0 Å². The molecule has 1 saturated heterocycles. The van der Waals surface area contributed by atoms with E-state index >= 15 is 0 Å². The van der Waals surface area contributed by atoms with Crippen LogP contribution in [-0.4, -0.2) is 29.2 Å². The summed E-state index contributed by atoms with van der Waals surface area (Å²) in [4.78, 5) is 2.20. The number of likely N-dealkylation sites (tertiary alicyclic amines) is 1. The molecule has 0 amide bonds. The Kier molecular flexibility index (Phi) is 4.60. The van der Waals surface area contributed by atoms with Crippen molar-refractivity contribution in [3.8, 4) is 0 Å². The third-order valence-electron chi connectivity index (χ3n) is 3.76. The van der Waals surface area contributed by atoms with Crippen LogP contribution < -0.4 is 0 Å². The fraction of sp³-hybridized carbons (Fsp3) is 0.571. The normalized spacial score (nSPS) is 20.0. The van der Waals surface area contributed by atoms with Crippen molar-refractivity contribution in [1.29, 1.82) is 0 Å². The molecule has 0 radical (unpaired) electrons. The monoisotopic (exact) mass is 271 g/mol. The van der Waals surface area contributed by atoms with Gasteiger partial charge in [-0.15, -0.1) is 0 Å². The van der Waals surface area contributed by atoms with Crippen molar-refractivity contribution in [2.45, 2.75) is 32.4 Å². The second-order valence-corrected chi connectivity index (χ2v) is 5.46. The van der Waals surface area contributed by atoms with Gasteiger partial charge in [0.25, 0.3) is 0 Å². The van der Waals surface area contributed by atoms with Crippen LogP contribution in [0.3, 0.4) is 0 Å². The summed E-state index contributed by atoms with van der Waals surface area (Å²) in [5.41, 5.74) is 0.578. The van der Waals surface area contributed by atoms with E-state index in [0.29, 0.717) is 23.0 Å². The Labute approximate surface area is 112 Å². The molecule has 1 heterocycles. The summed E-state index contributed by atoms with van der Waals surface area (Å²) in [5.74, 6) is 0.137. The molecule has 2 nitrogen and oxygen atoms in total. The average Bonchev–Trinajstić information content (AvgIpc) is 2.34. The standard InChI is InChI=1S/C14H19ClFNO/c1-10(18)11-5-7-17(8-6-11)9-12-13(15)3-2-4-14(12)16/h2-4,10-11,18H,5-9H2,1H3. The van der Waals surface area contributed by atoms with Crippen molar-refractivity contribution < 1.29 is 9.50 Å². The lowest BCUT2D eigenvalue weighted by Crippen LogP contribution is -2.36. The molecule has 0 aliphatic carbocycles. The number of hydrogen-bond donors (Lipinski definition) is 1. The van der Waals surface area contributed by atoms with Gasteiger partial charge in [0.15, 0.2) is 0 Å². The lowest BCUT2D eigenvalue weighted by Gasteiger charge is -2.33. The van der Waals surface area contributed by atoms with E-state index < -0.39 is 0 Å². The van der Waals surface area contributed by atoms with Crippen molar-refractivity contribution >= 4 is 11.6 Å². The lowest BCUT2D eigenvalue weighted by atomic mass is 9.92. The molecule has 1 atom stereocenters. The first-order valence-electron chi connectivity index (χ1n) is 6.41. The van der Waals surface area contributed by atoms with Gasteiger partial charge in [0, 0.05) is 17.1 Å². The van der Waals surface area contributed by atoms with Crippen LogP contribution in [0.5, 0.6) is 0 Å². The van der Waals surface area contributed by atoms with Crippen LogP contribution in [0.1, 0.15) is 25.3 Å². The number of piperidine rings is 1. The lowest BCUT2D eigenvalue weighted by molar-refractivity contribution is 0.0692. The second-order valence-electron chi connectivity index (χ2n) is 5.05. The largest absolute Gasteiger partial charge is 0.393 e. The molecule has 1 unspecified atom stereocenters. The van der Waals surface area contributed by atoms with E-state index in [1.807, 2.05) is 6.92 Å². The molecule has 1 aliphatic heterocycles. The Hall–Kier alpha value is -0.640. The van der Waals surface area contributed by atoms with E-state index in [0.717, 1.165) is 25.9 Å². The Balaban J connectivity index is 1.96.